The van der Waals surface area contributed by atoms with Gasteiger partial charge in [0.25, 0.3) is 0 Å². The Balaban J connectivity index is 2.81. The quantitative estimate of drug-likeness (QED) is 0.516. The van der Waals surface area contributed by atoms with E-state index >= 15 is 0 Å². The zero-order chi connectivity index (χ0) is 8.32. The second-order valence-corrected chi connectivity index (χ2v) is 1.92. The van der Waals surface area contributed by atoms with Crippen LogP contribution in [-0.2, 0) is 0 Å². The molecular weight excluding hydrogens is 157 g/mol. The van der Waals surface area contributed by atoms with E-state index in [0.717, 1.165) is 18.6 Å². The maximum Gasteiger partial charge on any atom is 0.417 e. The van der Waals surface area contributed by atoms with Gasteiger partial charge in [0.15, 0.2) is 0 Å². The third kappa shape index (κ3) is 2.18. The van der Waals surface area contributed by atoms with Crippen molar-refractivity contribution in [3.05, 3.63) is 11.6 Å². The fourth-order valence-electron chi connectivity index (χ4n) is 0.601. The predicted octanol–water partition coefficient (Wildman–Crippen LogP) is 1.59. The van der Waals surface area contributed by atoms with E-state index in [4.69, 9.17) is 0 Å². The van der Waals surface area contributed by atoms with Gasteiger partial charge in [-0.2, -0.15) is 13.2 Å². The Morgan fingerprint density at radius 1 is 1.36 bits per heavy atom. The van der Waals surface area contributed by atoms with Gasteiger partial charge in [0, 0.05) is 6.21 Å². The number of hydrogen-bond donors (Lipinski definition) is 0. The summed E-state index contributed by atoms with van der Waals surface area (Å²) < 4.78 is 35.7. The molecule has 1 rings (SSSR count). The molecule has 5 heteroatoms. The van der Waals surface area contributed by atoms with E-state index in [0.29, 0.717) is 0 Å². The third-order valence-corrected chi connectivity index (χ3v) is 1.11. The Hall–Kier alpha value is -1.13. The van der Waals surface area contributed by atoms with Crippen LogP contribution >= 0.6 is 0 Å². The van der Waals surface area contributed by atoms with Gasteiger partial charge in [-0.3, -0.25) is 4.99 Å². The van der Waals surface area contributed by atoms with Crippen LogP contribution < -0.4 is 0 Å². The predicted molar refractivity (Wildman–Crippen MR) is 36.0 cm³/mol. The molecule has 11 heavy (non-hydrogen) atoms. The number of nitrogens with zero attached hydrogens (tertiary/aromatic N) is 2. The molecule has 0 aromatic rings. The van der Waals surface area contributed by atoms with Crippen LogP contribution in [0.15, 0.2) is 21.6 Å². The molecule has 1 heterocycles. The highest BCUT2D eigenvalue weighted by Crippen LogP contribution is 2.24. The summed E-state index contributed by atoms with van der Waals surface area (Å²) in [5, 5.41) is 0. The molecule has 0 saturated carbocycles. The number of allylic oxidation sites excluding steroid dienone is 1. The van der Waals surface area contributed by atoms with Crippen LogP contribution in [0.5, 0.6) is 0 Å². The van der Waals surface area contributed by atoms with Gasteiger partial charge in [0.1, 0.15) is 6.34 Å². The van der Waals surface area contributed by atoms with Gasteiger partial charge in [-0.25, -0.2) is 4.99 Å². The maximum atomic E-state index is 11.9. The Labute approximate surface area is 61.2 Å². The molecule has 1 aliphatic heterocycles. The molecule has 0 atom stereocenters. The van der Waals surface area contributed by atoms with Crippen molar-refractivity contribution in [3.8, 4) is 0 Å². The first-order valence-corrected chi connectivity index (χ1v) is 2.89. The molecule has 0 bridgehead atoms. The summed E-state index contributed by atoms with van der Waals surface area (Å²) in [4.78, 5) is 6.85. The number of alkyl halides is 3. The average molecular weight is 162 g/mol. The minimum absolute atomic E-state index is 0.0366. The Kier molecular flexibility index (Phi) is 2.07. The van der Waals surface area contributed by atoms with Crippen molar-refractivity contribution in [2.24, 2.45) is 9.98 Å². The van der Waals surface area contributed by atoms with E-state index in [1.807, 2.05) is 0 Å². The molecule has 0 aromatic heterocycles. The molecule has 2 nitrogen and oxygen atoms in total. The number of aliphatic imine (C=N–C) groups is 2. The van der Waals surface area contributed by atoms with Gasteiger partial charge in [0.05, 0.1) is 12.1 Å². The van der Waals surface area contributed by atoms with Gasteiger partial charge < -0.3 is 0 Å². The van der Waals surface area contributed by atoms with Gasteiger partial charge in [-0.05, 0) is 6.08 Å². The molecule has 1 aliphatic rings. The summed E-state index contributed by atoms with van der Waals surface area (Å²) in [5.41, 5.74) is -0.741. The summed E-state index contributed by atoms with van der Waals surface area (Å²) in [6, 6.07) is 0. The fraction of sp³-hybridized carbons (Fsp3) is 0.333. The maximum absolute atomic E-state index is 11.9. The van der Waals surface area contributed by atoms with Crippen molar-refractivity contribution < 1.29 is 13.2 Å². The standard InChI is InChI=1S/C6H5F3N2/c7-6(8,9)5-1-2-10-4-11-3-5/h1,3-4H,2H2. The van der Waals surface area contributed by atoms with E-state index < -0.39 is 11.7 Å². The monoisotopic (exact) mass is 162 g/mol. The third-order valence-electron chi connectivity index (χ3n) is 1.11. The zero-order valence-electron chi connectivity index (χ0n) is 5.47. The first-order valence-electron chi connectivity index (χ1n) is 2.89. The van der Waals surface area contributed by atoms with Crippen LogP contribution in [0, 0.1) is 0 Å². The molecule has 0 aliphatic carbocycles. The number of rotatable bonds is 0. The van der Waals surface area contributed by atoms with Crippen LogP contribution in [0.4, 0.5) is 13.2 Å². The van der Waals surface area contributed by atoms with Gasteiger partial charge >= 0.3 is 6.18 Å². The molecular formula is C6H5F3N2. The van der Waals surface area contributed by atoms with Crippen LogP contribution in [0.1, 0.15) is 0 Å². The second-order valence-electron chi connectivity index (χ2n) is 1.92. The Bertz CT molecular complexity index is 224. The highest BCUT2D eigenvalue weighted by atomic mass is 19.4. The van der Waals surface area contributed by atoms with Crippen molar-refractivity contribution in [3.63, 3.8) is 0 Å². The lowest BCUT2D eigenvalue weighted by Crippen LogP contribution is -2.12. The smallest absolute Gasteiger partial charge is 0.269 e. The molecule has 0 amide bonds. The molecule has 0 unspecified atom stereocenters. The zero-order valence-corrected chi connectivity index (χ0v) is 5.47. The first kappa shape index (κ1) is 7.97. The molecule has 0 N–H and O–H groups in total. The second kappa shape index (κ2) is 2.86. The van der Waals surface area contributed by atoms with Crippen LogP contribution in [0.3, 0.4) is 0 Å². The van der Waals surface area contributed by atoms with Crippen molar-refractivity contribution in [2.45, 2.75) is 6.18 Å². The highest BCUT2D eigenvalue weighted by Gasteiger charge is 2.32. The Morgan fingerprint density at radius 2 is 2.09 bits per heavy atom. The molecule has 0 fully saturated rings. The van der Waals surface area contributed by atoms with E-state index in [1.165, 1.54) is 0 Å². The molecule has 0 saturated heterocycles. The van der Waals surface area contributed by atoms with Crippen LogP contribution in [0.2, 0.25) is 0 Å². The van der Waals surface area contributed by atoms with Crippen LogP contribution in [0.25, 0.3) is 0 Å². The van der Waals surface area contributed by atoms with Gasteiger partial charge in [-0.1, -0.05) is 0 Å². The molecule has 60 valence electrons. The SMILES string of the molecule is FC(F)(F)C1=CCN=CN=C1. The summed E-state index contributed by atoms with van der Waals surface area (Å²) in [5.74, 6) is 0. The van der Waals surface area contributed by atoms with Gasteiger partial charge in [0.2, 0.25) is 0 Å². The summed E-state index contributed by atoms with van der Waals surface area (Å²) in [6.07, 6.45) is -1.45. The highest BCUT2D eigenvalue weighted by molar-refractivity contribution is 5.87. The molecule has 0 radical (unpaired) electrons. The summed E-state index contributed by atoms with van der Waals surface area (Å²) >= 11 is 0. The van der Waals surface area contributed by atoms with E-state index in [2.05, 4.69) is 9.98 Å². The van der Waals surface area contributed by atoms with E-state index in [1.54, 1.807) is 0 Å². The van der Waals surface area contributed by atoms with Crippen molar-refractivity contribution in [1.29, 1.82) is 0 Å². The number of halogens is 3. The lowest BCUT2D eigenvalue weighted by molar-refractivity contribution is -0.0857. The topological polar surface area (TPSA) is 24.7 Å². The van der Waals surface area contributed by atoms with E-state index in [-0.39, 0.29) is 6.54 Å². The average Bonchev–Trinajstić information content (AvgIpc) is 2.10. The summed E-state index contributed by atoms with van der Waals surface area (Å²) in [6.45, 7) is 0.0366. The Morgan fingerprint density at radius 3 is 2.73 bits per heavy atom. The first-order chi connectivity index (χ1) is 5.11. The van der Waals surface area contributed by atoms with E-state index in [9.17, 15) is 13.2 Å². The van der Waals surface area contributed by atoms with Crippen molar-refractivity contribution in [2.75, 3.05) is 6.54 Å². The van der Waals surface area contributed by atoms with Crippen LogP contribution in [-0.4, -0.2) is 25.3 Å². The van der Waals surface area contributed by atoms with Crippen molar-refractivity contribution in [1.82, 2.24) is 0 Å². The fourth-order valence-corrected chi connectivity index (χ4v) is 0.601. The molecule has 0 aromatic carbocycles. The minimum atomic E-state index is -4.31. The lowest BCUT2D eigenvalue weighted by atomic mass is 10.2. The molecule has 0 spiro atoms. The summed E-state index contributed by atoms with van der Waals surface area (Å²) in [7, 11) is 0. The normalized spacial score (nSPS) is 17.9. The number of hydrogen-bond acceptors (Lipinski definition) is 2. The van der Waals surface area contributed by atoms with Crippen molar-refractivity contribution >= 4 is 12.6 Å². The largest absolute Gasteiger partial charge is 0.417 e. The minimum Gasteiger partial charge on any atom is -0.269 e. The lowest BCUT2D eigenvalue weighted by Gasteiger charge is -2.04. The van der Waals surface area contributed by atoms with Gasteiger partial charge in [-0.15, -0.1) is 0 Å².